The van der Waals surface area contributed by atoms with Crippen LogP contribution in [-0.2, 0) is 0 Å². The number of nitrogens with zero attached hydrogens (tertiary/aromatic N) is 3. The van der Waals surface area contributed by atoms with Crippen LogP contribution in [-0.4, -0.2) is 21.0 Å². The van der Waals surface area contributed by atoms with Crippen molar-refractivity contribution in [1.29, 1.82) is 0 Å². The van der Waals surface area contributed by atoms with E-state index in [2.05, 4.69) is 36.9 Å². The molecule has 0 radical (unpaired) electrons. The van der Waals surface area contributed by atoms with Gasteiger partial charge >= 0.3 is 6.03 Å². The first-order valence-electron chi connectivity index (χ1n) is 6.22. The summed E-state index contributed by atoms with van der Waals surface area (Å²) in [6, 6.07) is 5.48. The molecular weight excluding hydrogens is 322 g/mol. The van der Waals surface area contributed by atoms with E-state index in [1.54, 1.807) is 10.9 Å². The second-order valence-corrected chi connectivity index (χ2v) is 5.52. The van der Waals surface area contributed by atoms with Gasteiger partial charge in [-0.1, -0.05) is 27.2 Å². The molecule has 2 N–H and O–H groups in total. The van der Waals surface area contributed by atoms with Crippen LogP contribution in [0.25, 0.3) is 0 Å². The number of amides is 2. The number of carbonyl (C=O) groups is 1. The average Bonchev–Trinajstić information content (AvgIpc) is 2.83. The zero-order valence-electron chi connectivity index (χ0n) is 11.5. The normalized spacial score (nSPS) is 10.7. The van der Waals surface area contributed by atoms with Crippen LogP contribution < -0.4 is 10.6 Å². The fourth-order valence-electron chi connectivity index (χ4n) is 1.60. The molecule has 1 aromatic carbocycles. The minimum atomic E-state index is -0.345. The highest BCUT2D eigenvalue weighted by atomic mass is 79.9. The molecule has 0 aliphatic heterocycles. The van der Waals surface area contributed by atoms with Crippen LogP contribution in [0.5, 0.6) is 0 Å². The monoisotopic (exact) mass is 337 g/mol. The molecule has 20 heavy (non-hydrogen) atoms. The van der Waals surface area contributed by atoms with Gasteiger partial charge in [0.05, 0.1) is 6.20 Å². The number of anilines is 2. The van der Waals surface area contributed by atoms with Gasteiger partial charge in [0.1, 0.15) is 0 Å². The molecule has 106 valence electrons. The number of hydrogen-bond acceptors (Lipinski definition) is 3. The Morgan fingerprint density at radius 3 is 2.75 bits per heavy atom. The Bertz CT molecular complexity index is 623. The standard InChI is InChI=1S/C13H16BrN5O/c1-8(2)19-7-12(17-18-19)16-13(20)15-11-6-4-5-10(14)9(11)3/h4-8H,1-3H3,(H2,15,16,20). The van der Waals surface area contributed by atoms with Crippen LogP contribution >= 0.6 is 15.9 Å². The quantitative estimate of drug-likeness (QED) is 0.899. The molecule has 0 bridgehead atoms. The Kier molecular flexibility index (Phi) is 4.39. The molecule has 2 amide bonds. The predicted octanol–water partition coefficient (Wildman–Crippen LogP) is 3.57. The van der Waals surface area contributed by atoms with Crippen molar-refractivity contribution in [3.05, 3.63) is 34.4 Å². The lowest BCUT2D eigenvalue weighted by Gasteiger charge is -2.09. The van der Waals surface area contributed by atoms with Crippen molar-refractivity contribution < 1.29 is 4.79 Å². The van der Waals surface area contributed by atoms with E-state index >= 15 is 0 Å². The first-order chi connectivity index (χ1) is 9.47. The van der Waals surface area contributed by atoms with E-state index < -0.39 is 0 Å². The van der Waals surface area contributed by atoms with E-state index in [0.29, 0.717) is 5.82 Å². The maximum Gasteiger partial charge on any atom is 0.324 e. The molecular formula is C13H16BrN5O. The first kappa shape index (κ1) is 14.5. The largest absolute Gasteiger partial charge is 0.324 e. The van der Waals surface area contributed by atoms with Crippen molar-refractivity contribution in [3.63, 3.8) is 0 Å². The number of benzene rings is 1. The third-order valence-corrected chi connectivity index (χ3v) is 3.66. The van der Waals surface area contributed by atoms with Gasteiger partial charge in [-0.15, -0.1) is 5.10 Å². The van der Waals surface area contributed by atoms with Crippen molar-refractivity contribution >= 4 is 33.5 Å². The topological polar surface area (TPSA) is 71.8 Å². The molecule has 2 rings (SSSR count). The van der Waals surface area contributed by atoms with Gasteiger partial charge in [0.15, 0.2) is 5.82 Å². The van der Waals surface area contributed by atoms with Gasteiger partial charge in [0.25, 0.3) is 0 Å². The molecule has 0 spiro atoms. The van der Waals surface area contributed by atoms with Gasteiger partial charge < -0.3 is 5.32 Å². The average molecular weight is 338 g/mol. The van der Waals surface area contributed by atoms with E-state index in [4.69, 9.17) is 0 Å². The number of hydrogen-bond donors (Lipinski definition) is 2. The van der Waals surface area contributed by atoms with E-state index in [-0.39, 0.29) is 12.1 Å². The third kappa shape index (κ3) is 3.36. The van der Waals surface area contributed by atoms with Crippen LogP contribution in [0.15, 0.2) is 28.9 Å². The van der Waals surface area contributed by atoms with Gasteiger partial charge in [0.2, 0.25) is 0 Å². The molecule has 0 fully saturated rings. The van der Waals surface area contributed by atoms with Crippen molar-refractivity contribution in [2.24, 2.45) is 0 Å². The highest BCUT2D eigenvalue weighted by molar-refractivity contribution is 9.10. The molecule has 0 atom stereocenters. The van der Waals surface area contributed by atoms with Crippen LogP contribution in [0.3, 0.4) is 0 Å². The second-order valence-electron chi connectivity index (χ2n) is 4.67. The zero-order chi connectivity index (χ0) is 14.7. The lowest BCUT2D eigenvalue weighted by molar-refractivity contribution is 0.262. The van der Waals surface area contributed by atoms with Gasteiger partial charge in [-0.2, -0.15) is 0 Å². The highest BCUT2D eigenvalue weighted by Crippen LogP contribution is 2.23. The lowest BCUT2D eigenvalue weighted by Crippen LogP contribution is -2.20. The Labute approximate surface area is 125 Å². The van der Waals surface area contributed by atoms with Crippen molar-refractivity contribution in [3.8, 4) is 0 Å². The van der Waals surface area contributed by atoms with Crippen LogP contribution in [0, 0.1) is 6.92 Å². The second kappa shape index (κ2) is 6.04. The predicted molar refractivity (Wildman–Crippen MR) is 81.9 cm³/mol. The van der Waals surface area contributed by atoms with Gasteiger partial charge in [-0.3, -0.25) is 5.32 Å². The van der Waals surface area contributed by atoms with E-state index in [0.717, 1.165) is 15.7 Å². The summed E-state index contributed by atoms with van der Waals surface area (Å²) in [6.45, 7) is 5.90. The number of rotatable bonds is 3. The SMILES string of the molecule is Cc1c(Br)cccc1NC(=O)Nc1cn(C(C)C)nn1. The van der Waals surface area contributed by atoms with Crippen LogP contribution in [0.2, 0.25) is 0 Å². The Morgan fingerprint density at radius 1 is 1.35 bits per heavy atom. The molecule has 1 heterocycles. The van der Waals surface area contributed by atoms with Gasteiger partial charge in [-0.25, -0.2) is 9.48 Å². The minimum absolute atomic E-state index is 0.202. The summed E-state index contributed by atoms with van der Waals surface area (Å²) in [5.74, 6) is 0.420. The summed E-state index contributed by atoms with van der Waals surface area (Å²) >= 11 is 3.42. The Hall–Kier alpha value is -1.89. The number of nitrogens with one attached hydrogen (secondary N) is 2. The lowest BCUT2D eigenvalue weighted by atomic mass is 10.2. The molecule has 0 aliphatic carbocycles. The minimum Gasteiger partial charge on any atom is -0.307 e. The summed E-state index contributed by atoms with van der Waals surface area (Å²) in [5.41, 5.74) is 1.71. The van der Waals surface area contributed by atoms with E-state index in [1.807, 2.05) is 39.0 Å². The van der Waals surface area contributed by atoms with Crippen LogP contribution in [0.1, 0.15) is 25.5 Å². The molecule has 1 aromatic heterocycles. The molecule has 0 saturated heterocycles. The summed E-state index contributed by atoms with van der Waals surface area (Å²) in [6.07, 6.45) is 1.69. The number of carbonyl (C=O) groups excluding carboxylic acids is 1. The van der Waals surface area contributed by atoms with E-state index in [9.17, 15) is 4.79 Å². The van der Waals surface area contributed by atoms with Crippen molar-refractivity contribution in [1.82, 2.24) is 15.0 Å². The summed E-state index contributed by atoms with van der Waals surface area (Å²) in [7, 11) is 0. The number of halogens is 1. The van der Waals surface area contributed by atoms with Crippen LogP contribution in [0.4, 0.5) is 16.3 Å². The maximum absolute atomic E-state index is 11.9. The number of aromatic nitrogens is 3. The zero-order valence-corrected chi connectivity index (χ0v) is 13.1. The van der Waals surface area contributed by atoms with E-state index in [1.165, 1.54) is 0 Å². The molecule has 0 unspecified atom stereocenters. The molecule has 0 aliphatic rings. The van der Waals surface area contributed by atoms with Crippen molar-refractivity contribution in [2.75, 3.05) is 10.6 Å². The van der Waals surface area contributed by atoms with Gasteiger partial charge in [-0.05, 0) is 38.5 Å². The molecule has 6 nitrogen and oxygen atoms in total. The highest BCUT2D eigenvalue weighted by Gasteiger charge is 2.09. The number of urea groups is 1. The summed E-state index contributed by atoms with van der Waals surface area (Å²) < 4.78 is 2.63. The first-order valence-corrected chi connectivity index (χ1v) is 7.01. The summed E-state index contributed by atoms with van der Waals surface area (Å²) in [5, 5.41) is 13.2. The molecule has 0 saturated carbocycles. The molecule has 2 aromatic rings. The smallest absolute Gasteiger partial charge is 0.307 e. The maximum atomic E-state index is 11.9. The Morgan fingerprint density at radius 2 is 2.10 bits per heavy atom. The third-order valence-electron chi connectivity index (χ3n) is 2.80. The van der Waals surface area contributed by atoms with Gasteiger partial charge in [0, 0.05) is 16.2 Å². The van der Waals surface area contributed by atoms with Crippen molar-refractivity contribution in [2.45, 2.75) is 26.8 Å². The Balaban J connectivity index is 2.03. The fraction of sp³-hybridized carbons (Fsp3) is 0.308. The summed E-state index contributed by atoms with van der Waals surface area (Å²) in [4.78, 5) is 11.9. The molecule has 7 heteroatoms. The fourth-order valence-corrected chi connectivity index (χ4v) is 1.97.